The van der Waals surface area contributed by atoms with Crippen molar-refractivity contribution in [3.05, 3.63) is 59.9 Å². The lowest BCUT2D eigenvalue weighted by Crippen LogP contribution is -2.13. The zero-order valence-electron chi connectivity index (χ0n) is 9.71. The molecular weight excluding hydrogens is 214 g/mol. The zero-order chi connectivity index (χ0) is 12.3. The second-order valence-corrected chi connectivity index (χ2v) is 4.16. The molecule has 1 N–H and O–H groups in total. The molecule has 0 fully saturated rings. The van der Waals surface area contributed by atoms with Crippen LogP contribution >= 0.6 is 0 Å². The number of carbonyl (C=O) groups is 1. The maximum atomic E-state index is 10.9. The molecule has 2 aromatic rings. The van der Waals surface area contributed by atoms with E-state index >= 15 is 0 Å². The highest BCUT2D eigenvalue weighted by atomic mass is 16.4. The van der Waals surface area contributed by atoms with E-state index in [1.807, 2.05) is 60.3 Å². The highest BCUT2D eigenvalue weighted by Gasteiger charge is 2.16. The number of hydrogen-bond acceptors (Lipinski definition) is 1. The number of aryl methyl sites for hydroxylation is 1. The first-order chi connectivity index (χ1) is 8.16. The van der Waals surface area contributed by atoms with E-state index in [9.17, 15) is 4.79 Å². The van der Waals surface area contributed by atoms with Gasteiger partial charge >= 0.3 is 5.97 Å². The molecule has 0 aliphatic rings. The smallest absolute Gasteiger partial charge is 0.305 e. The van der Waals surface area contributed by atoms with Gasteiger partial charge in [0.25, 0.3) is 0 Å². The van der Waals surface area contributed by atoms with Crippen LogP contribution in [-0.4, -0.2) is 15.6 Å². The van der Waals surface area contributed by atoms with Crippen LogP contribution in [0.3, 0.4) is 0 Å². The van der Waals surface area contributed by atoms with Crippen LogP contribution in [0.5, 0.6) is 0 Å². The third kappa shape index (κ3) is 2.75. The molecule has 3 nitrogen and oxygen atoms in total. The van der Waals surface area contributed by atoms with E-state index in [4.69, 9.17) is 5.11 Å². The Balaban J connectivity index is 2.36. The summed E-state index contributed by atoms with van der Waals surface area (Å²) in [4.78, 5) is 10.9. The average Bonchev–Trinajstić information content (AvgIpc) is 2.79. The van der Waals surface area contributed by atoms with Gasteiger partial charge in [0, 0.05) is 12.4 Å². The molecule has 88 valence electrons. The van der Waals surface area contributed by atoms with Gasteiger partial charge in [-0.15, -0.1) is 0 Å². The van der Waals surface area contributed by atoms with E-state index in [0.29, 0.717) is 0 Å². The molecule has 0 saturated heterocycles. The molecule has 0 aliphatic carbocycles. The van der Waals surface area contributed by atoms with Crippen molar-refractivity contribution in [3.63, 3.8) is 0 Å². The normalized spacial score (nSPS) is 12.3. The number of benzene rings is 1. The number of carboxylic acid groups (broad SMARTS) is 1. The van der Waals surface area contributed by atoms with Crippen molar-refractivity contribution in [1.29, 1.82) is 0 Å². The molecule has 0 spiro atoms. The van der Waals surface area contributed by atoms with Crippen molar-refractivity contribution in [2.45, 2.75) is 19.4 Å². The zero-order valence-corrected chi connectivity index (χ0v) is 9.71. The van der Waals surface area contributed by atoms with Gasteiger partial charge in [-0.3, -0.25) is 4.79 Å². The van der Waals surface area contributed by atoms with Crippen molar-refractivity contribution in [3.8, 4) is 0 Å². The minimum absolute atomic E-state index is 0.0954. The molecule has 1 aromatic carbocycles. The fourth-order valence-corrected chi connectivity index (χ4v) is 1.99. The number of carboxylic acids is 1. The second-order valence-electron chi connectivity index (χ2n) is 4.16. The highest BCUT2D eigenvalue weighted by molar-refractivity contribution is 5.68. The van der Waals surface area contributed by atoms with E-state index in [0.717, 1.165) is 11.1 Å². The molecule has 0 unspecified atom stereocenters. The molecule has 1 heterocycles. The third-order valence-electron chi connectivity index (χ3n) is 2.78. The van der Waals surface area contributed by atoms with E-state index < -0.39 is 5.97 Å². The standard InChI is InChI=1S/C14H15NO2/c1-11-5-4-6-12(9-11)13(10-14(16)17)15-7-2-3-8-15/h2-9,13H,10H2,1H3,(H,16,17)/t13-/m0/s1. The minimum Gasteiger partial charge on any atom is -0.481 e. The van der Waals surface area contributed by atoms with Gasteiger partial charge in [-0.05, 0) is 24.6 Å². The van der Waals surface area contributed by atoms with Crippen molar-refractivity contribution in [1.82, 2.24) is 4.57 Å². The lowest BCUT2D eigenvalue weighted by atomic mass is 10.0. The third-order valence-corrected chi connectivity index (χ3v) is 2.78. The first-order valence-corrected chi connectivity index (χ1v) is 5.57. The molecule has 0 radical (unpaired) electrons. The summed E-state index contributed by atoms with van der Waals surface area (Å²) in [6.45, 7) is 2.01. The summed E-state index contributed by atoms with van der Waals surface area (Å²) in [5.41, 5.74) is 2.17. The molecule has 3 heteroatoms. The molecule has 0 amide bonds. The topological polar surface area (TPSA) is 42.2 Å². The predicted molar refractivity (Wildman–Crippen MR) is 66.0 cm³/mol. The summed E-state index contributed by atoms with van der Waals surface area (Å²) in [6.07, 6.45) is 3.89. The largest absolute Gasteiger partial charge is 0.481 e. The summed E-state index contributed by atoms with van der Waals surface area (Å²) in [5.74, 6) is -0.787. The number of aliphatic carboxylic acids is 1. The monoisotopic (exact) mass is 229 g/mol. The van der Waals surface area contributed by atoms with Crippen molar-refractivity contribution >= 4 is 5.97 Å². The SMILES string of the molecule is Cc1cccc([C@H](CC(=O)O)n2cccc2)c1. The van der Waals surface area contributed by atoms with E-state index in [1.54, 1.807) is 0 Å². The number of nitrogens with zero attached hydrogens (tertiary/aromatic N) is 1. The van der Waals surface area contributed by atoms with Crippen molar-refractivity contribution in [2.75, 3.05) is 0 Å². The Bertz CT molecular complexity index is 503. The molecular formula is C14H15NO2. The Hall–Kier alpha value is -2.03. The lowest BCUT2D eigenvalue weighted by Gasteiger charge is -2.18. The molecule has 2 rings (SSSR count). The van der Waals surface area contributed by atoms with Crippen LogP contribution in [0, 0.1) is 6.92 Å². The van der Waals surface area contributed by atoms with Crippen LogP contribution in [0.25, 0.3) is 0 Å². The maximum Gasteiger partial charge on any atom is 0.305 e. The summed E-state index contributed by atoms with van der Waals surface area (Å²) < 4.78 is 1.93. The second kappa shape index (κ2) is 4.87. The molecule has 0 aliphatic heterocycles. The fourth-order valence-electron chi connectivity index (χ4n) is 1.99. The van der Waals surface area contributed by atoms with Crippen LogP contribution in [-0.2, 0) is 4.79 Å². The maximum absolute atomic E-state index is 10.9. The summed E-state index contributed by atoms with van der Waals surface area (Å²) in [6, 6.07) is 11.7. The van der Waals surface area contributed by atoms with E-state index in [1.165, 1.54) is 0 Å². The Kier molecular flexibility index (Phi) is 3.28. The lowest BCUT2D eigenvalue weighted by molar-refractivity contribution is -0.137. The Morgan fingerprint density at radius 1 is 1.29 bits per heavy atom. The van der Waals surface area contributed by atoms with Gasteiger partial charge in [0.2, 0.25) is 0 Å². The Labute approximate surface area is 100 Å². The van der Waals surface area contributed by atoms with Crippen molar-refractivity contribution < 1.29 is 9.90 Å². The minimum atomic E-state index is -0.787. The highest BCUT2D eigenvalue weighted by Crippen LogP contribution is 2.23. The van der Waals surface area contributed by atoms with Crippen LogP contribution in [0.15, 0.2) is 48.8 Å². The quantitative estimate of drug-likeness (QED) is 0.875. The van der Waals surface area contributed by atoms with Gasteiger partial charge in [0.15, 0.2) is 0 Å². The molecule has 0 saturated carbocycles. The van der Waals surface area contributed by atoms with Gasteiger partial charge < -0.3 is 9.67 Å². The van der Waals surface area contributed by atoms with Gasteiger partial charge in [-0.25, -0.2) is 0 Å². The number of rotatable bonds is 4. The van der Waals surface area contributed by atoms with E-state index in [-0.39, 0.29) is 12.5 Å². The van der Waals surface area contributed by atoms with Crippen LogP contribution < -0.4 is 0 Å². The van der Waals surface area contributed by atoms with Crippen molar-refractivity contribution in [2.24, 2.45) is 0 Å². The summed E-state index contributed by atoms with van der Waals surface area (Å²) >= 11 is 0. The van der Waals surface area contributed by atoms with E-state index in [2.05, 4.69) is 0 Å². The summed E-state index contributed by atoms with van der Waals surface area (Å²) in [5, 5.41) is 9.00. The average molecular weight is 229 g/mol. The Morgan fingerprint density at radius 3 is 2.59 bits per heavy atom. The Morgan fingerprint density at radius 2 is 2.00 bits per heavy atom. The van der Waals surface area contributed by atoms with Gasteiger partial charge in [0.05, 0.1) is 12.5 Å². The first kappa shape index (κ1) is 11.5. The summed E-state index contributed by atoms with van der Waals surface area (Å²) in [7, 11) is 0. The van der Waals surface area contributed by atoms with Gasteiger partial charge in [0.1, 0.15) is 0 Å². The molecule has 17 heavy (non-hydrogen) atoms. The molecule has 1 aromatic heterocycles. The van der Waals surface area contributed by atoms with Gasteiger partial charge in [-0.2, -0.15) is 0 Å². The van der Waals surface area contributed by atoms with Crippen LogP contribution in [0.4, 0.5) is 0 Å². The van der Waals surface area contributed by atoms with Crippen LogP contribution in [0.1, 0.15) is 23.6 Å². The predicted octanol–water partition coefficient (Wildman–Crippen LogP) is 2.86. The molecule has 1 atom stereocenters. The first-order valence-electron chi connectivity index (χ1n) is 5.57. The number of aromatic nitrogens is 1. The van der Waals surface area contributed by atoms with Crippen LogP contribution in [0.2, 0.25) is 0 Å². The van der Waals surface area contributed by atoms with Gasteiger partial charge in [-0.1, -0.05) is 29.8 Å². The molecule has 0 bridgehead atoms. The number of hydrogen-bond donors (Lipinski definition) is 1. The fraction of sp³-hybridized carbons (Fsp3) is 0.214.